The first-order valence-corrected chi connectivity index (χ1v) is 7.81. The molecule has 7 heteroatoms. The number of hydrogen-bond donors (Lipinski definition) is 3. The van der Waals surface area contributed by atoms with E-state index in [1.165, 1.54) is 6.92 Å². The van der Waals surface area contributed by atoms with Crippen molar-refractivity contribution in [3.8, 4) is 0 Å². The lowest BCUT2D eigenvalue weighted by Crippen LogP contribution is -2.21. The summed E-state index contributed by atoms with van der Waals surface area (Å²) in [5.74, 6) is 1.20. The molecule has 0 spiro atoms. The number of aryl methyl sites for hydroxylation is 1. The first-order chi connectivity index (χ1) is 11.4. The molecule has 1 amide bonds. The van der Waals surface area contributed by atoms with Gasteiger partial charge in [-0.05, 0) is 39.2 Å². The lowest BCUT2D eigenvalue weighted by Gasteiger charge is -2.12. The zero-order valence-electron chi connectivity index (χ0n) is 14.6. The number of nitrogens with one attached hydrogen (secondary N) is 3. The summed E-state index contributed by atoms with van der Waals surface area (Å²) < 4.78 is 0. The molecule has 0 aliphatic carbocycles. The molecule has 0 saturated carbocycles. The number of carbonyl (C=O) groups is 1. The van der Waals surface area contributed by atoms with Gasteiger partial charge in [0.05, 0.1) is 0 Å². The largest absolute Gasteiger partial charge is 0.353 e. The van der Waals surface area contributed by atoms with E-state index < -0.39 is 0 Å². The summed E-state index contributed by atoms with van der Waals surface area (Å²) in [5, 5.41) is 9.23. The van der Waals surface area contributed by atoms with E-state index in [4.69, 9.17) is 0 Å². The van der Waals surface area contributed by atoms with Crippen molar-refractivity contribution in [2.75, 3.05) is 43.1 Å². The summed E-state index contributed by atoms with van der Waals surface area (Å²) in [6, 6.07) is 9.37. The van der Waals surface area contributed by atoms with Crippen LogP contribution < -0.4 is 16.0 Å². The molecule has 3 N–H and O–H groups in total. The van der Waals surface area contributed by atoms with Gasteiger partial charge in [-0.1, -0.05) is 6.07 Å². The first kappa shape index (κ1) is 17.7. The van der Waals surface area contributed by atoms with Gasteiger partial charge in [0, 0.05) is 43.1 Å². The van der Waals surface area contributed by atoms with Crippen LogP contribution in [0.1, 0.15) is 12.6 Å². The van der Waals surface area contributed by atoms with Gasteiger partial charge in [0.1, 0.15) is 5.82 Å². The minimum Gasteiger partial charge on any atom is -0.353 e. The number of anilines is 4. The predicted molar refractivity (Wildman–Crippen MR) is 97.8 cm³/mol. The van der Waals surface area contributed by atoms with Crippen molar-refractivity contribution in [1.82, 2.24) is 14.9 Å². The van der Waals surface area contributed by atoms with Crippen LogP contribution in [-0.4, -0.2) is 48.0 Å². The third-order valence-corrected chi connectivity index (χ3v) is 3.15. The quantitative estimate of drug-likeness (QED) is 0.724. The Hall–Kier alpha value is -2.67. The van der Waals surface area contributed by atoms with Crippen LogP contribution in [0.25, 0.3) is 0 Å². The third-order valence-electron chi connectivity index (χ3n) is 3.15. The van der Waals surface area contributed by atoms with Crippen molar-refractivity contribution in [2.45, 2.75) is 13.8 Å². The summed E-state index contributed by atoms with van der Waals surface area (Å²) in [6.45, 7) is 5.09. The Labute approximate surface area is 142 Å². The number of benzene rings is 1. The molecule has 2 rings (SSSR count). The maximum atomic E-state index is 11.2. The number of amides is 1. The molecule has 1 aromatic carbocycles. The number of aromatic nitrogens is 2. The van der Waals surface area contributed by atoms with Crippen LogP contribution in [0.2, 0.25) is 0 Å². The topological polar surface area (TPSA) is 82.2 Å². The lowest BCUT2D eigenvalue weighted by molar-refractivity contribution is -0.114. The number of likely N-dealkylation sites (N-methyl/N-ethyl adjacent to an activating group) is 1. The summed E-state index contributed by atoms with van der Waals surface area (Å²) in [7, 11) is 4.04. The number of rotatable bonds is 7. The van der Waals surface area contributed by atoms with Gasteiger partial charge in [0.15, 0.2) is 0 Å². The van der Waals surface area contributed by atoms with E-state index in [0.717, 1.165) is 30.2 Å². The van der Waals surface area contributed by atoms with Crippen molar-refractivity contribution < 1.29 is 4.79 Å². The van der Waals surface area contributed by atoms with E-state index in [1.807, 2.05) is 51.4 Å². The maximum Gasteiger partial charge on any atom is 0.224 e. The van der Waals surface area contributed by atoms with Gasteiger partial charge < -0.3 is 20.9 Å². The monoisotopic (exact) mass is 328 g/mol. The van der Waals surface area contributed by atoms with Gasteiger partial charge >= 0.3 is 0 Å². The Morgan fingerprint density at radius 2 is 1.92 bits per heavy atom. The molecule has 1 heterocycles. The Morgan fingerprint density at radius 1 is 1.17 bits per heavy atom. The van der Waals surface area contributed by atoms with Gasteiger partial charge in [0.25, 0.3) is 0 Å². The number of nitrogens with zero attached hydrogens (tertiary/aromatic N) is 3. The molecule has 1 aromatic heterocycles. The van der Waals surface area contributed by atoms with Crippen molar-refractivity contribution in [3.63, 3.8) is 0 Å². The van der Waals surface area contributed by atoms with E-state index in [0.29, 0.717) is 11.8 Å². The highest BCUT2D eigenvalue weighted by Crippen LogP contribution is 2.20. The summed E-state index contributed by atoms with van der Waals surface area (Å²) in [6.07, 6.45) is 0. The zero-order chi connectivity index (χ0) is 17.5. The summed E-state index contributed by atoms with van der Waals surface area (Å²) >= 11 is 0. The Balaban J connectivity index is 2.09. The molecule has 128 valence electrons. The molecule has 24 heavy (non-hydrogen) atoms. The average Bonchev–Trinajstić information content (AvgIpc) is 2.45. The summed E-state index contributed by atoms with van der Waals surface area (Å²) in [4.78, 5) is 22.1. The molecule has 0 fully saturated rings. The Bertz CT molecular complexity index is 701. The number of hydrogen-bond acceptors (Lipinski definition) is 6. The van der Waals surface area contributed by atoms with Crippen molar-refractivity contribution >= 4 is 29.0 Å². The highest BCUT2D eigenvalue weighted by Gasteiger charge is 2.04. The molecule has 7 nitrogen and oxygen atoms in total. The van der Waals surface area contributed by atoms with Gasteiger partial charge in [-0.2, -0.15) is 4.98 Å². The fraction of sp³-hybridized carbons (Fsp3) is 0.353. The number of carbonyl (C=O) groups excluding carboxylic acids is 1. The van der Waals surface area contributed by atoms with Crippen LogP contribution in [0, 0.1) is 6.92 Å². The minimum atomic E-state index is -0.0996. The van der Waals surface area contributed by atoms with E-state index in [1.54, 1.807) is 0 Å². The second-order valence-electron chi connectivity index (χ2n) is 5.84. The molecular formula is C17H24N6O. The van der Waals surface area contributed by atoms with E-state index in [2.05, 4.69) is 30.8 Å². The van der Waals surface area contributed by atoms with Crippen LogP contribution in [0.15, 0.2) is 30.3 Å². The highest BCUT2D eigenvalue weighted by atomic mass is 16.1. The van der Waals surface area contributed by atoms with Crippen LogP contribution in [-0.2, 0) is 4.79 Å². The maximum absolute atomic E-state index is 11.2. The van der Waals surface area contributed by atoms with Crippen LogP contribution in [0.3, 0.4) is 0 Å². The highest BCUT2D eigenvalue weighted by molar-refractivity contribution is 5.89. The van der Waals surface area contributed by atoms with Crippen LogP contribution in [0.5, 0.6) is 0 Å². The first-order valence-electron chi connectivity index (χ1n) is 7.81. The standard InChI is InChI=1S/C17H24N6O/c1-12-10-16(22-17(19-12)18-8-9-23(3)4)21-15-7-5-6-14(11-15)20-13(2)24/h5-7,10-11H,8-9H2,1-4H3,(H,20,24)(H2,18,19,21,22). The smallest absolute Gasteiger partial charge is 0.224 e. The fourth-order valence-electron chi connectivity index (χ4n) is 2.13. The second kappa shape index (κ2) is 8.26. The van der Waals surface area contributed by atoms with Gasteiger partial charge in [0.2, 0.25) is 11.9 Å². The molecule has 0 radical (unpaired) electrons. The average molecular weight is 328 g/mol. The SMILES string of the molecule is CC(=O)Nc1cccc(Nc2cc(C)nc(NCCN(C)C)n2)c1. The Kier molecular flexibility index (Phi) is 6.08. The molecule has 2 aromatic rings. The van der Waals surface area contributed by atoms with Gasteiger partial charge in [-0.3, -0.25) is 4.79 Å². The summed E-state index contributed by atoms with van der Waals surface area (Å²) in [5.41, 5.74) is 2.46. The van der Waals surface area contributed by atoms with Crippen molar-refractivity contribution in [2.24, 2.45) is 0 Å². The third kappa shape index (κ3) is 5.85. The van der Waals surface area contributed by atoms with Crippen LogP contribution in [0.4, 0.5) is 23.1 Å². The van der Waals surface area contributed by atoms with Crippen molar-refractivity contribution in [1.29, 1.82) is 0 Å². The van der Waals surface area contributed by atoms with Crippen molar-refractivity contribution in [3.05, 3.63) is 36.0 Å². The molecule has 0 saturated heterocycles. The lowest BCUT2D eigenvalue weighted by atomic mass is 10.2. The fourth-order valence-corrected chi connectivity index (χ4v) is 2.13. The van der Waals surface area contributed by atoms with E-state index >= 15 is 0 Å². The molecule has 0 bridgehead atoms. The second-order valence-corrected chi connectivity index (χ2v) is 5.84. The predicted octanol–water partition coefficient (Wildman–Crippen LogP) is 2.46. The molecule has 0 unspecified atom stereocenters. The van der Waals surface area contributed by atoms with Gasteiger partial charge in [-0.15, -0.1) is 0 Å². The molecule has 0 aliphatic rings. The molecular weight excluding hydrogens is 304 g/mol. The van der Waals surface area contributed by atoms with E-state index in [9.17, 15) is 4.79 Å². The normalized spacial score (nSPS) is 10.5. The molecule has 0 aliphatic heterocycles. The minimum absolute atomic E-state index is 0.0996. The van der Waals surface area contributed by atoms with Gasteiger partial charge in [-0.25, -0.2) is 4.98 Å². The van der Waals surface area contributed by atoms with Crippen LogP contribution >= 0.6 is 0 Å². The zero-order valence-corrected chi connectivity index (χ0v) is 14.6. The van der Waals surface area contributed by atoms with E-state index in [-0.39, 0.29) is 5.91 Å². The molecule has 0 atom stereocenters. The Morgan fingerprint density at radius 3 is 2.62 bits per heavy atom.